The molecule has 3 aliphatic rings. The van der Waals surface area contributed by atoms with E-state index in [1.165, 1.54) is 0 Å². The summed E-state index contributed by atoms with van der Waals surface area (Å²) in [5.74, 6) is 1.49. The molecule has 2 aromatic carbocycles. The van der Waals surface area contributed by atoms with Gasteiger partial charge in [-0.1, -0.05) is 48.0 Å². The van der Waals surface area contributed by atoms with Crippen LogP contribution in [0.4, 0.5) is 4.79 Å². The van der Waals surface area contributed by atoms with Gasteiger partial charge in [0.25, 0.3) is 0 Å². The number of methoxy groups -OCH3 is 1. The summed E-state index contributed by atoms with van der Waals surface area (Å²) >= 11 is 6.01. The first kappa shape index (κ1) is 25.9. The maximum absolute atomic E-state index is 13.2. The Kier molecular flexibility index (Phi) is 7.12. The molecule has 198 valence electrons. The number of carbonyl (C=O) groups is 2. The van der Waals surface area contributed by atoms with Crippen LogP contribution in [0.5, 0.6) is 11.5 Å². The number of nitrogens with zero attached hydrogens (tertiary/aromatic N) is 1. The van der Waals surface area contributed by atoms with Crippen molar-refractivity contribution in [2.45, 2.75) is 75.2 Å². The molecule has 1 saturated carbocycles. The minimum absolute atomic E-state index is 0.199. The lowest BCUT2D eigenvalue weighted by atomic mass is 9.49. The predicted octanol–water partition coefficient (Wildman–Crippen LogP) is 5.39. The average molecular weight is 528 g/mol. The Bertz CT molecular complexity index is 1170. The van der Waals surface area contributed by atoms with E-state index in [1.54, 1.807) is 18.9 Å². The van der Waals surface area contributed by atoms with E-state index in [1.807, 2.05) is 49.4 Å². The normalized spacial score (nSPS) is 27.1. The number of halogens is 1. The van der Waals surface area contributed by atoms with Crippen LogP contribution in [0.15, 0.2) is 42.5 Å². The highest BCUT2D eigenvalue weighted by Gasteiger charge is 2.68. The molecule has 2 aromatic rings. The van der Waals surface area contributed by atoms with Crippen molar-refractivity contribution in [2.24, 2.45) is 0 Å². The first-order valence-corrected chi connectivity index (χ1v) is 13.4. The number of alkyl halides is 1. The lowest BCUT2D eigenvalue weighted by Gasteiger charge is -2.64. The number of rotatable bonds is 7. The van der Waals surface area contributed by atoms with Gasteiger partial charge in [-0.3, -0.25) is 4.79 Å². The number of Topliss-reactive ketones (excluding diaryl/α,β-unsaturated/α-hetero) is 1. The quantitative estimate of drug-likeness (QED) is 0.449. The minimum Gasteiger partial charge on any atom is -0.493 e. The summed E-state index contributed by atoms with van der Waals surface area (Å²) in [6, 6.07) is 13.7. The van der Waals surface area contributed by atoms with Gasteiger partial charge in [-0.2, -0.15) is 0 Å². The number of likely N-dealkylation sites (tertiary alicyclic amines) is 1. The molecule has 1 heterocycles. The Balaban J connectivity index is 1.63. The van der Waals surface area contributed by atoms with Crippen LogP contribution in [0.2, 0.25) is 0 Å². The van der Waals surface area contributed by atoms with Crippen LogP contribution in [0.1, 0.15) is 56.2 Å². The molecular weight excluding hydrogens is 494 g/mol. The molecule has 2 fully saturated rings. The van der Waals surface area contributed by atoms with Gasteiger partial charge in [0, 0.05) is 37.0 Å². The second kappa shape index (κ2) is 10.2. The number of hydrogen-bond donors (Lipinski definition) is 0. The number of fused-ring (bicyclic) bond motifs is 1. The second-order valence-electron chi connectivity index (χ2n) is 10.1. The first-order valence-electron chi connectivity index (χ1n) is 13.0. The highest BCUT2D eigenvalue weighted by Crippen LogP contribution is 2.62. The van der Waals surface area contributed by atoms with Crippen molar-refractivity contribution in [3.8, 4) is 11.5 Å². The zero-order valence-electron chi connectivity index (χ0n) is 21.6. The van der Waals surface area contributed by atoms with Crippen molar-refractivity contribution >= 4 is 23.5 Å². The predicted molar refractivity (Wildman–Crippen MR) is 139 cm³/mol. The van der Waals surface area contributed by atoms with E-state index in [9.17, 15) is 9.59 Å². The van der Waals surface area contributed by atoms with E-state index in [4.69, 9.17) is 30.5 Å². The first-order chi connectivity index (χ1) is 17.8. The third-order valence-electron chi connectivity index (χ3n) is 8.22. The summed E-state index contributed by atoms with van der Waals surface area (Å²) in [7, 11) is 1.65. The highest BCUT2D eigenvalue weighted by molar-refractivity contribution is 6.19. The van der Waals surface area contributed by atoms with E-state index in [0.717, 1.165) is 16.7 Å². The summed E-state index contributed by atoms with van der Waals surface area (Å²) in [4.78, 5) is 28.0. The van der Waals surface area contributed by atoms with E-state index in [-0.39, 0.29) is 11.8 Å². The van der Waals surface area contributed by atoms with Crippen LogP contribution in [0.3, 0.4) is 0 Å². The van der Waals surface area contributed by atoms with Gasteiger partial charge in [-0.05, 0) is 50.3 Å². The average Bonchev–Trinajstić information content (AvgIpc) is 2.87. The van der Waals surface area contributed by atoms with Gasteiger partial charge in [-0.25, -0.2) is 4.79 Å². The Morgan fingerprint density at radius 3 is 2.68 bits per heavy atom. The molecule has 2 bridgehead atoms. The molecule has 0 spiro atoms. The van der Waals surface area contributed by atoms with Crippen molar-refractivity contribution < 1.29 is 28.5 Å². The standard InChI is InChI=1S/C29H34ClNO6/c1-4-36-29-13-12-22(32)17-28(29)14-15-31(27(33)37-19(2)30)24(29)16-21-10-11-23(26(34-3)25(21)28)35-18-20-8-6-5-7-9-20/h5-11,19,24H,4,12-18H2,1-3H3/t19?,24-,28+,29+/m0/s1. The molecule has 0 radical (unpaired) electrons. The molecular formula is C29H34ClNO6. The number of ether oxygens (including phenoxy) is 4. The van der Waals surface area contributed by atoms with Crippen LogP contribution >= 0.6 is 11.6 Å². The fourth-order valence-corrected chi connectivity index (χ4v) is 6.97. The highest BCUT2D eigenvalue weighted by atomic mass is 35.5. The summed E-state index contributed by atoms with van der Waals surface area (Å²) in [5.41, 5.74) is 0.943. The van der Waals surface area contributed by atoms with Crippen LogP contribution in [-0.2, 0) is 32.7 Å². The van der Waals surface area contributed by atoms with Gasteiger partial charge in [0.15, 0.2) is 17.1 Å². The third kappa shape index (κ3) is 4.26. The Morgan fingerprint density at radius 2 is 1.97 bits per heavy atom. The van der Waals surface area contributed by atoms with Gasteiger partial charge in [0.1, 0.15) is 12.4 Å². The lowest BCUT2D eigenvalue weighted by molar-refractivity contribution is -0.193. The molecule has 8 heteroatoms. The molecule has 37 heavy (non-hydrogen) atoms. The Morgan fingerprint density at radius 1 is 1.19 bits per heavy atom. The summed E-state index contributed by atoms with van der Waals surface area (Å²) in [6.45, 7) is 4.89. The largest absolute Gasteiger partial charge is 0.493 e. The van der Waals surface area contributed by atoms with E-state index in [0.29, 0.717) is 63.4 Å². The van der Waals surface area contributed by atoms with Crippen LogP contribution in [0, 0.1) is 0 Å². The maximum Gasteiger partial charge on any atom is 0.411 e. The molecule has 1 aliphatic heterocycles. The molecule has 4 atom stereocenters. The van der Waals surface area contributed by atoms with E-state index in [2.05, 4.69) is 0 Å². The smallest absolute Gasteiger partial charge is 0.411 e. The lowest BCUT2D eigenvalue weighted by Crippen LogP contribution is -2.75. The fraction of sp³-hybridized carbons (Fsp3) is 0.517. The molecule has 1 amide bonds. The minimum atomic E-state index is -0.749. The number of hydrogen-bond acceptors (Lipinski definition) is 6. The zero-order valence-corrected chi connectivity index (χ0v) is 22.4. The van der Waals surface area contributed by atoms with Gasteiger partial charge in [0.2, 0.25) is 0 Å². The Hall–Kier alpha value is -2.77. The van der Waals surface area contributed by atoms with E-state index >= 15 is 0 Å². The molecule has 1 saturated heterocycles. The second-order valence-corrected chi connectivity index (χ2v) is 10.7. The maximum atomic E-state index is 13.2. The van der Waals surface area contributed by atoms with Crippen molar-refractivity contribution in [3.63, 3.8) is 0 Å². The van der Waals surface area contributed by atoms with Crippen LogP contribution < -0.4 is 9.47 Å². The van der Waals surface area contributed by atoms with Gasteiger partial charge < -0.3 is 23.8 Å². The molecule has 7 nitrogen and oxygen atoms in total. The van der Waals surface area contributed by atoms with Crippen LogP contribution in [-0.4, -0.2) is 54.2 Å². The molecule has 0 aromatic heterocycles. The number of amides is 1. The number of piperidine rings is 1. The van der Waals surface area contributed by atoms with Crippen LogP contribution in [0.25, 0.3) is 0 Å². The monoisotopic (exact) mass is 527 g/mol. The molecule has 1 unspecified atom stereocenters. The van der Waals surface area contributed by atoms with Crippen molar-refractivity contribution in [1.29, 1.82) is 0 Å². The van der Waals surface area contributed by atoms with Gasteiger partial charge in [0.05, 0.1) is 18.8 Å². The summed E-state index contributed by atoms with van der Waals surface area (Å²) in [6.07, 6.45) is 1.94. The molecule has 0 N–H and O–H groups in total. The van der Waals surface area contributed by atoms with E-state index < -0.39 is 22.7 Å². The number of ketones is 1. The van der Waals surface area contributed by atoms with Gasteiger partial charge >= 0.3 is 6.09 Å². The SMILES string of the molecule is CCO[C@@]12CCC(=O)C[C@@]13CCN(C(=O)OC(C)Cl)[C@H]2Cc1ccc(OCc2ccccc2)c(OC)c13. The van der Waals surface area contributed by atoms with Crippen molar-refractivity contribution in [3.05, 3.63) is 59.2 Å². The van der Waals surface area contributed by atoms with Crippen molar-refractivity contribution in [2.75, 3.05) is 20.3 Å². The number of carbonyl (C=O) groups excluding carboxylic acids is 2. The van der Waals surface area contributed by atoms with Crippen molar-refractivity contribution in [1.82, 2.24) is 4.90 Å². The molecule has 2 aliphatic carbocycles. The van der Waals surface area contributed by atoms with Gasteiger partial charge in [-0.15, -0.1) is 0 Å². The third-order valence-corrected chi connectivity index (χ3v) is 8.31. The summed E-state index contributed by atoms with van der Waals surface area (Å²) in [5, 5.41) is 0. The number of benzene rings is 2. The topological polar surface area (TPSA) is 74.3 Å². The summed E-state index contributed by atoms with van der Waals surface area (Å²) < 4.78 is 24.4. The molecule has 5 rings (SSSR count). The fourth-order valence-electron chi connectivity index (χ4n) is 6.89. The zero-order chi connectivity index (χ0) is 26.2. The Labute approximate surface area is 223 Å².